The van der Waals surface area contributed by atoms with Gasteiger partial charge in [0.25, 0.3) is 0 Å². The summed E-state index contributed by atoms with van der Waals surface area (Å²) in [5.74, 6) is 6.65. The Morgan fingerprint density at radius 3 is 2.20 bits per heavy atom. The van der Waals surface area contributed by atoms with Crippen molar-refractivity contribution in [2.24, 2.45) is 5.84 Å². The van der Waals surface area contributed by atoms with E-state index in [1.807, 2.05) is 48.5 Å². The highest BCUT2D eigenvalue weighted by Gasteiger charge is 2.19. The Labute approximate surface area is 231 Å². The molecule has 0 radical (unpaired) electrons. The van der Waals surface area contributed by atoms with Crippen molar-refractivity contribution in [2.75, 3.05) is 5.01 Å². The van der Waals surface area contributed by atoms with Crippen molar-refractivity contribution in [1.29, 1.82) is 0 Å². The number of furan rings is 1. The quantitative estimate of drug-likeness (QED) is 0.188. The molecular formula is C36H25N3O. The molecule has 2 heterocycles. The molecule has 0 aliphatic heterocycles. The van der Waals surface area contributed by atoms with Crippen LogP contribution in [0.25, 0.3) is 60.6 Å². The molecule has 0 saturated carbocycles. The maximum absolute atomic E-state index is 6.65. The Morgan fingerprint density at radius 2 is 1.30 bits per heavy atom. The van der Waals surface area contributed by atoms with E-state index in [1.165, 1.54) is 10.8 Å². The van der Waals surface area contributed by atoms with E-state index in [2.05, 4.69) is 95.6 Å². The summed E-state index contributed by atoms with van der Waals surface area (Å²) in [6.45, 7) is 0. The molecule has 2 aromatic heterocycles. The Morgan fingerprint density at radius 1 is 0.575 bits per heavy atom. The fourth-order valence-corrected chi connectivity index (χ4v) is 5.97. The second-order valence-corrected chi connectivity index (χ2v) is 10.1. The fourth-order valence-electron chi connectivity index (χ4n) is 5.97. The second kappa shape index (κ2) is 8.87. The average molecular weight is 516 g/mol. The summed E-state index contributed by atoms with van der Waals surface area (Å²) in [7, 11) is 0. The molecule has 0 saturated heterocycles. The van der Waals surface area contributed by atoms with Crippen LogP contribution in [0, 0.1) is 0 Å². The smallest absolute Gasteiger partial charge is 0.160 e. The van der Waals surface area contributed by atoms with E-state index in [0.717, 1.165) is 61.2 Å². The largest absolute Gasteiger partial charge is 0.454 e. The van der Waals surface area contributed by atoms with Crippen molar-refractivity contribution >= 4 is 55.1 Å². The van der Waals surface area contributed by atoms with Gasteiger partial charge in [-0.3, -0.25) is 5.01 Å². The zero-order valence-corrected chi connectivity index (χ0v) is 21.7. The lowest BCUT2D eigenvalue weighted by atomic mass is 10.0. The SMILES string of the molecule is NN(c1ccccc1)c1ccccc1-c1cccc(-n2c3ccccc3c3ccc4c5ccccc5oc4c32)c1. The van der Waals surface area contributed by atoms with Gasteiger partial charge in [0.2, 0.25) is 0 Å². The minimum Gasteiger partial charge on any atom is -0.454 e. The van der Waals surface area contributed by atoms with Crippen molar-refractivity contribution in [2.45, 2.75) is 0 Å². The number of hydrogen-bond donors (Lipinski definition) is 1. The molecule has 8 aromatic rings. The van der Waals surface area contributed by atoms with E-state index in [9.17, 15) is 0 Å². The van der Waals surface area contributed by atoms with E-state index in [-0.39, 0.29) is 0 Å². The standard InChI is InChI=1S/C36H25N3O/c37-39(25-12-2-1-3-13-25)33-19-8-4-15-27(33)24-11-10-14-26(23-24)38-32-18-7-5-16-28(32)30-21-22-31-29-17-6-9-20-34(29)40-36(31)35(30)38/h1-23H,37H2. The molecule has 0 spiro atoms. The van der Waals surface area contributed by atoms with Crippen LogP contribution in [-0.4, -0.2) is 4.57 Å². The van der Waals surface area contributed by atoms with Gasteiger partial charge in [0.15, 0.2) is 5.58 Å². The third kappa shape index (κ3) is 3.37. The lowest BCUT2D eigenvalue weighted by Gasteiger charge is -2.22. The monoisotopic (exact) mass is 515 g/mol. The second-order valence-electron chi connectivity index (χ2n) is 10.1. The molecule has 0 aliphatic rings. The molecule has 2 N–H and O–H groups in total. The molecule has 8 rings (SSSR count). The van der Waals surface area contributed by atoms with Crippen molar-refractivity contribution in [3.05, 3.63) is 140 Å². The number of anilines is 2. The van der Waals surface area contributed by atoms with E-state index in [1.54, 1.807) is 5.01 Å². The van der Waals surface area contributed by atoms with Gasteiger partial charge >= 0.3 is 0 Å². The molecule has 0 atom stereocenters. The third-order valence-electron chi connectivity index (χ3n) is 7.79. The normalized spacial score (nSPS) is 11.6. The molecule has 4 nitrogen and oxygen atoms in total. The number of nitrogens with two attached hydrogens (primary N) is 1. The summed E-state index contributed by atoms with van der Waals surface area (Å²) in [5.41, 5.74) is 9.09. The summed E-state index contributed by atoms with van der Waals surface area (Å²) >= 11 is 0. The minimum atomic E-state index is 0.897. The molecular weight excluding hydrogens is 490 g/mol. The number of benzene rings is 6. The summed E-state index contributed by atoms with van der Waals surface area (Å²) in [6.07, 6.45) is 0. The van der Waals surface area contributed by atoms with Crippen LogP contribution in [0.2, 0.25) is 0 Å². The maximum Gasteiger partial charge on any atom is 0.160 e. The molecule has 0 bridgehead atoms. The number of fused-ring (bicyclic) bond motifs is 7. The molecule has 4 heteroatoms. The van der Waals surface area contributed by atoms with Gasteiger partial charge in [-0.05, 0) is 54.1 Å². The number of para-hydroxylation sites is 4. The molecule has 190 valence electrons. The van der Waals surface area contributed by atoms with Gasteiger partial charge in [0.05, 0.1) is 22.4 Å². The summed E-state index contributed by atoms with van der Waals surface area (Å²) < 4.78 is 8.86. The highest BCUT2D eigenvalue weighted by molar-refractivity contribution is 6.21. The zero-order valence-electron chi connectivity index (χ0n) is 21.7. The van der Waals surface area contributed by atoms with Gasteiger partial charge in [0.1, 0.15) is 5.58 Å². The van der Waals surface area contributed by atoms with E-state index < -0.39 is 0 Å². The molecule has 0 aliphatic carbocycles. The first-order chi connectivity index (χ1) is 19.8. The summed E-state index contributed by atoms with van der Waals surface area (Å²) in [4.78, 5) is 0. The number of hydrogen-bond acceptors (Lipinski definition) is 3. The van der Waals surface area contributed by atoms with E-state index >= 15 is 0 Å². The predicted octanol–water partition coefficient (Wildman–Crippen LogP) is 9.36. The van der Waals surface area contributed by atoms with Crippen molar-refractivity contribution in [3.63, 3.8) is 0 Å². The van der Waals surface area contributed by atoms with Crippen LogP contribution in [0.1, 0.15) is 0 Å². The maximum atomic E-state index is 6.65. The Bertz CT molecular complexity index is 2190. The molecule has 40 heavy (non-hydrogen) atoms. The molecule has 0 unspecified atom stereocenters. The van der Waals surface area contributed by atoms with E-state index in [0.29, 0.717) is 0 Å². The third-order valence-corrected chi connectivity index (χ3v) is 7.79. The van der Waals surface area contributed by atoms with Crippen LogP contribution in [-0.2, 0) is 0 Å². The average Bonchev–Trinajstić information content (AvgIpc) is 3.57. The molecule has 0 amide bonds. The van der Waals surface area contributed by atoms with Crippen LogP contribution < -0.4 is 10.9 Å². The summed E-state index contributed by atoms with van der Waals surface area (Å²) in [6, 6.07) is 48.2. The lowest BCUT2D eigenvalue weighted by Crippen LogP contribution is -2.25. The van der Waals surface area contributed by atoms with Crippen molar-refractivity contribution in [1.82, 2.24) is 4.57 Å². The number of nitrogens with zero attached hydrogens (tertiary/aromatic N) is 2. The highest BCUT2D eigenvalue weighted by atomic mass is 16.3. The predicted molar refractivity (Wildman–Crippen MR) is 166 cm³/mol. The Balaban J connectivity index is 1.39. The van der Waals surface area contributed by atoms with Gasteiger partial charge in [-0.25, -0.2) is 5.84 Å². The lowest BCUT2D eigenvalue weighted by molar-refractivity contribution is 0.671. The molecule has 0 fully saturated rings. The topological polar surface area (TPSA) is 47.3 Å². The highest BCUT2D eigenvalue weighted by Crippen LogP contribution is 2.41. The first-order valence-corrected chi connectivity index (χ1v) is 13.4. The van der Waals surface area contributed by atoms with Gasteiger partial charge < -0.3 is 8.98 Å². The first-order valence-electron chi connectivity index (χ1n) is 13.4. The number of aromatic nitrogens is 1. The number of hydrazine groups is 1. The van der Waals surface area contributed by atoms with Gasteiger partial charge in [-0.1, -0.05) is 91.0 Å². The first kappa shape index (κ1) is 22.6. The van der Waals surface area contributed by atoms with Crippen LogP contribution in [0.3, 0.4) is 0 Å². The van der Waals surface area contributed by atoms with Crippen LogP contribution in [0.5, 0.6) is 0 Å². The molecule has 6 aromatic carbocycles. The van der Waals surface area contributed by atoms with E-state index in [4.69, 9.17) is 10.3 Å². The zero-order chi connectivity index (χ0) is 26.6. The van der Waals surface area contributed by atoms with Crippen LogP contribution in [0.4, 0.5) is 11.4 Å². The summed E-state index contributed by atoms with van der Waals surface area (Å²) in [5, 5.41) is 6.37. The Kier molecular flexibility index (Phi) is 5.02. The van der Waals surface area contributed by atoms with Crippen LogP contribution >= 0.6 is 0 Å². The minimum absolute atomic E-state index is 0.897. The van der Waals surface area contributed by atoms with Crippen LogP contribution in [0.15, 0.2) is 144 Å². The Hall–Kier alpha value is -5.32. The fraction of sp³-hybridized carbons (Fsp3) is 0. The van der Waals surface area contributed by atoms with Crippen molar-refractivity contribution in [3.8, 4) is 16.8 Å². The number of rotatable bonds is 4. The van der Waals surface area contributed by atoms with Gasteiger partial charge in [-0.2, -0.15) is 0 Å². The van der Waals surface area contributed by atoms with Gasteiger partial charge in [0, 0.05) is 32.8 Å². The van der Waals surface area contributed by atoms with Gasteiger partial charge in [-0.15, -0.1) is 0 Å². The van der Waals surface area contributed by atoms with Crippen molar-refractivity contribution < 1.29 is 4.42 Å².